The van der Waals surface area contributed by atoms with Gasteiger partial charge in [0.05, 0.1) is 11.7 Å². The predicted octanol–water partition coefficient (Wildman–Crippen LogP) is 3.55. The fraction of sp³-hybridized carbons (Fsp3) is 0.857. The Kier molecular flexibility index (Phi) is 1.77. The first-order chi connectivity index (χ1) is 6.92. The van der Waals surface area contributed by atoms with Crippen molar-refractivity contribution in [1.29, 1.82) is 0 Å². The highest BCUT2D eigenvalue weighted by atomic mass is 16.6. The van der Waals surface area contributed by atoms with Gasteiger partial charge in [-0.15, -0.1) is 0 Å². The summed E-state index contributed by atoms with van der Waals surface area (Å²) in [6.45, 7) is 11.4. The standard InChI is InChI=1S/C14H22O/c1-9-7-12-14(4,15-12)6-5-11-10(9)8-13(11,2)3/h10-12H,1,5-8H2,2-4H3/t10-,11-,12+,14+/m1/s1. The smallest absolute Gasteiger partial charge is 0.0923 e. The summed E-state index contributed by atoms with van der Waals surface area (Å²) in [5.74, 6) is 1.67. The van der Waals surface area contributed by atoms with Crippen LogP contribution in [0, 0.1) is 17.3 Å². The fourth-order valence-electron chi connectivity index (χ4n) is 3.87. The van der Waals surface area contributed by atoms with E-state index in [0.717, 1.165) is 18.3 Å². The predicted molar refractivity (Wildman–Crippen MR) is 61.6 cm³/mol. The number of ether oxygens (including phenoxy) is 1. The van der Waals surface area contributed by atoms with Crippen molar-refractivity contribution >= 4 is 0 Å². The van der Waals surface area contributed by atoms with Gasteiger partial charge in [0, 0.05) is 0 Å². The Bertz CT molecular complexity index is 317. The van der Waals surface area contributed by atoms with Crippen LogP contribution < -0.4 is 0 Å². The van der Waals surface area contributed by atoms with Crippen molar-refractivity contribution in [3.05, 3.63) is 12.2 Å². The minimum atomic E-state index is 0.208. The van der Waals surface area contributed by atoms with E-state index >= 15 is 0 Å². The lowest BCUT2D eigenvalue weighted by atomic mass is 9.51. The molecule has 0 radical (unpaired) electrons. The lowest BCUT2D eigenvalue weighted by Crippen LogP contribution is -2.46. The highest BCUT2D eigenvalue weighted by molar-refractivity contribution is 5.19. The van der Waals surface area contributed by atoms with E-state index in [0.29, 0.717) is 11.5 Å². The summed E-state index contributed by atoms with van der Waals surface area (Å²) in [6, 6.07) is 0. The summed E-state index contributed by atoms with van der Waals surface area (Å²) in [5, 5.41) is 0. The lowest BCUT2D eigenvalue weighted by molar-refractivity contribution is -0.00326. The van der Waals surface area contributed by atoms with Crippen molar-refractivity contribution < 1.29 is 4.74 Å². The average Bonchev–Trinajstić information content (AvgIpc) is 2.71. The van der Waals surface area contributed by atoms with Crippen LogP contribution >= 0.6 is 0 Å². The van der Waals surface area contributed by atoms with Gasteiger partial charge in [0.15, 0.2) is 0 Å². The highest BCUT2D eigenvalue weighted by Gasteiger charge is 2.57. The Labute approximate surface area is 92.9 Å². The first-order valence-corrected chi connectivity index (χ1v) is 6.28. The maximum absolute atomic E-state index is 5.83. The summed E-state index contributed by atoms with van der Waals surface area (Å²) < 4.78 is 5.83. The minimum Gasteiger partial charge on any atom is -0.366 e. The molecule has 4 atom stereocenters. The van der Waals surface area contributed by atoms with E-state index < -0.39 is 0 Å². The monoisotopic (exact) mass is 206 g/mol. The molecule has 0 amide bonds. The van der Waals surface area contributed by atoms with Crippen LogP contribution in [0.4, 0.5) is 0 Å². The normalized spacial score (nSPS) is 51.9. The maximum Gasteiger partial charge on any atom is 0.0923 e. The van der Waals surface area contributed by atoms with Crippen molar-refractivity contribution in [2.24, 2.45) is 17.3 Å². The maximum atomic E-state index is 5.83. The largest absolute Gasteiger partial charge is 0.366 e. The molecule has 3 fully saturated rings. The van der Waals surface area contributed by atoms with Gasteiger partial charge >= 0.3 is 0 Å². The van der Waals surface area contributed by atoms with Crippen molar-refractivity contribution in [2.45, 2.75) is 58.2 Å². The second-order valence-corrected chi connectivity index (χ2v) is 6.73. The Morgan fingerprint density at radius 3 is 2.73 bits per heavy atom. The van der Waals surface area contributed by atoms with Crippen molar-refractivity contribution in [2.75, 3.05) is 0 Å². The molecule has 0 bridgehead atoms. The second-order valence-electron chi connectivity index (χ2n) is 6.73. The molecular weight excluding hydrogens is 184 g/mol. The molecule has 2 saturated carbocycles. The summed E-state index contributed by atoms with van der Waals surface area (Å²) in [6.07, 6.45) is 5.56. The van der Waals surface area contributed by atoms with E-state index in [1.807, 2.05) is 0 Å². The van der Waals surface area contributed by atoms with Crippen LogP contribution in [0.5, 0.6) is 0 Å². The third-order valence-corrected chi connectivity index (χ3v) is 5.19. The van der Waals surface area contributed by atoms with Crippen molar-refractivity contribution in [3.63, 3.8) is 0 Å². The van der Waals surface area contributed by atoms with Crippen LogP contribution in [0.15, 0.2) is 12.2 Å². The lowest BCUT2D eigenvalue weighted by Gasteiger charge is -2.53. The van der Waals surface area contributed by atoms with Gasteiger partial charge in [-0.25, -0.2) is 0 Å². The Hall–Kier alpha value is -0.300. The topological polar surface area (TPSA) is 12.5 Å². The number of hydrogen-bond donors (Lipinski definition) is 0. The number of fused-ring (bicyclic) bond motifs is 2. The minimum absolute atomic E-state index is 0.208. The van der Waals surface area contributed by atoms with E-state index in [9.17, 15) is 0 Å². The zero-order chi connectivity index (χ0) is 10.8. The van der Waals surface area contributed by atoms with Crippen LogP contribution in [-0.2, 0) is 4.74 Å². The zero-order valence-electron chi connectivity index (χ0n) is 10.2. The van der Waals surface area contributed by atoms with E-state index in [-0.39, 0.29) is 5.60 Å². The van der Waals surface area contributed by atoms with Crippen LogP contribution in [0.25, 0.3) is 0 Å². The molecule has 3 rings (SSSR count). The van der Waals surface area contributed by atoms with Crippen LogP contribution in [-0.4, -0.2) is 11.7 Å². The molecule has 1 saturated heterocycles. The molecular formula is C14H22O. The SMILES string of the molecule is C=C1C[C@@H]2O[C@@]2(C)CC[C@@H]2[C@@H]1CC2(C)C. The summed E-state index contributed by atoms with van der Waals surface area (Å²) >= 11 is 0. The summed E-state index contributed by atoms with van der Waals surface area (Å²) in [4.78, 5) is 0. The molecule has 0 unspecified atom stereocenters. The second kappa shape index (κ2) is 2.68. The number of rotatable bonds is 0. The first-order valence-electron chi connectivity index (χ1n) is 6.28. The van der Waals surface area contributed by atoms with Gasteiger partial charge in [-0.05, 0) is 49.9 Å². The molecule has 15 heavy (non-hydrogen) atoms. The molecule has 1 aliphatic heterocycles. The van der Waals surface area contributed by atoms with Gasteiger partial charge in [-0.2, -0.15) is 0 Å². The number of epoxide rings is 1. The van der Waals surface area contributed by atoms with Gasteiger partial charge in [-0.3, -0.25) is 0 Å². The third kappa shape index (κ3) is 1.32. The molecule has 1 heterocycles. The molecule has 1 heteroatoms. The van der Waals surface area contributed by atoms with Crippen LogP contribution in [0.3, 0.4) is 0 Å². The highest BCUT2D eigenvalue weighted by Crippen LogP contribution is 2.60. The molecule has 0 aromatic rings. The van der Waals surface area contributed by atoms with Gasteiger partial charge in [0.1, 0.15) is 0 Å². The van der Waals surface area contributed by atoms with Crippen LogP contribution in [0.2, 0.25) is 0 Å². The zero-order valence-corrected chi connectivity index (χ0v) is 10.2. The van der Waals surface area contributed by atoms with Gasteiger partial charge in [0.2, 0.25) is 0 Å². The average molecular weight is 206 g/mol. The fourth-order valence-corrected chi connectivity index (χ4v) is 3.87. The molecule has 3 aliphatic rings. The Balaban J connectivity index is 1.80. The molecule has 84 valence electrons. The molecule has 2 aliphatic carbocycles. The van der Waals surface area contributed by atoms with Gasteiger partial charge in [0.25, 0.3) is 0 Å². The number of hydrogen-bond acceptors (Lipinski definition) is 1. The van der Waals surface area contributed by atoms with Crippen molar-refractivity contribution in [1.82, 2.24) is 0 Å². The first kappa shape index (κ1) is 9.89. The summed E-state index contributed by atoms with van der Waals surface area (Å²) in [7, 11) is 0. The van der Waals surface area contributed by atoms with Gasteiger partial charge in [-0.1, -0.05) is 26.0 Å². The third-order valence-electron chi connectivity index (χ3n) is 5.19. The molecule has 0 spiro atoms. The molecule has 0 aromatic heterocycles. The molecule has 0 N–H and O–H groups in total. The van der Waals surface area contributed by atoms with E-state index in [2.05, 4.69) is 27.4 Å². The van der Waals surface area contributed by atoms with Crippen LogP contribution in [0.1, 0.15) is 46.5 Å². The Morgan fingerprint density at radius 1 is 1.33 bits per heavy atom. The quantitative estimate of drug-likeness (QED) is 0.436. The van der Waals surface area contributed by atoms with E-state index in [1.54, 1.807) is 0 Å². The Morgan fingerprint density at radius 2 is 2.07 bits per heavy atom. The molecule has 0 aromatic carbocycles. The summed E-state index contributed by atoms with van der Waals surface area (Å²) in [5.41, 5.74) is 2.22. The van der Waals surface area contributed by atoms with Crippen molar-refractivity contribution in [3.8, 4) is 0 Å². The van der Waals surface area contributed by atoms with E-state index in [4.69, 9.17) is 4.74 Å². The van der Waals surface area contributed by atoms with Gasteiger partial charge < -0.3 is 4.74 Å². The molecule has 1 nitrogen and oxygen atoms in total. The van der Waals surface area contributed by atoms with E-state index in [1.165, 1.54) is 24.8 Å².